The van der Waals surface area contributed by atoms with Crippen molar-refractivity contribution >= 4 is 11.3 Å². The zero-order chi connectivity index (χ0) is 12.6. The summed E-state index contributed by atoms with van der Waals surface area (Å²) >= 11 is 1.78. The van der Waals surface area contributed by atoms with E-state index in [-0.39, 0.29) is 0 Å². The molecule has 1 aromatic heterocycles. The molecule has 0 aliphatic heterocycles. The van der Waals surface area contributed by atoms with E-state index >= 15 is 0 Å². The summed E-state index contributed by atoms with van der Waals surface area (Å²) in [5, 5.41) is 4.40. The van der Waals surface area contributed by atoms with Crippen molar-refractivity contribution in [3.63, 3.8) is 0 Å². The van der Waals surface area contributed by atoms with E-state index in [9.17, 15) is 0 Å². The molecule has 1 heterocycles. The highest BCUT2D eigenvalue weighted by Crippen LogP contribution is 2.28. The molecule has 0 radical (unpaired) electrons. The van der Waals surface area contributed by atoms with Crippen molar-refractivity contribution < 1.29 is 0 Å². The van der Waals surface area contributed by atoms with E-state index in [1.807, 2.05) is 0 Å². The van der Waals surface area contributed by atoms with E-state index < -0.39 is 0 Å². The number of rotatable bonds is 7. The monoisotopic (exact) mass is 266 g/mol. The van der Waals surface area contributed by atoms with Gasteiger partial charge in [0.15, 0.2) is 0 Å². The maximum atomic E-state index is 5.68. The van der Waals surface area contributed by atoms with Crippen molar-refractivity contribution in [2.45, 2.75) is 63.8 Å². The third kappa shape index (κ3) is 4.71. The summed E-state index contributed by atoms with van der Waals surface area (Å²) in [6.07, 6.45) is 12.2. The lowest BCUT2D eigenvalue weighted by atomic mass is 9.85. The highest BCUT2D eigenvalue weighted by Gasteiger charge is 2.15. The maximum Gasteiger partial charge on any atom is 0.0213 e. The second-order valence-electron chi connectivity index (χ2n) is 5.62. The van der Waals surface area contributed by atoms with Gasteiger partial charge in [-0.05, 0) is 54.0 Å². The average molecular weight is 266 g/mol. The first-order valence-electron chi connectivity index (χ1n) is 7.35. The number of nitrogens with one attached hydrogen (secondary N) is 1. The van der Waals surface area contributed by atoms with Crippen LogP contribution in [0.1, 0.15) is 56.9 Å². The third-order valence-corrected chi connectivity index (χ3v) is 4.98. The fraction of sp³-hybridized carbons (Fsp3) is 0.733. The van der Waals surface area contributed by atoms with E-state index in [1.54, 1.807) is 11.3 Å². The Bertz CT molecular complexity index is 304. The van der Waals surface area contributed by atoms with Gasteiger partial charge in [0.2, 0.25) is 0 Å². The van der Waals surface area contributed by atoms with E-state index in [1.165, 1.54) is 56.9 Å². The zero-order valence-electron chi connectivity index (χ0n) is 11.2. The van der Waals surface area contributed by atoms with E-state index in [0.717, 1.165) is 12.3 Å². The Morgan fingerprint density at radius 1 is 1.28 bits per heavy atom. The lowest BCUT2D eigenvalue weighted by Crippen LogP contribution is -2.35. The Hall–Kier alpha value is -0.380. The summed E-state index contributed by atoms with van der Waals surface area (Å²) in [5.41, 5.74) is 4.46. The van der Waals surface area contributed by atoms with Crippen LogP contribution in [0.25, 0.3) is 0 Å². The molecule has 1 aliphatic rings. The van der Waals surface area contributed by atoms with E-state index in [0.29, 0.717) is 6.04 Å². The predicted octanol–water partition coefficient (Wildman–Crippen LogP) is 3.87. The van der Waals surface area contributed by atoms with Crippen LogP contribution in [-0.2, 0) is 6.42 Å². The maximum absolute atomic E-state index is 5.68. The first-order valence-corrected chi connectivity index (χ1v) is 8.30. The first-order chi connectivity index (χ1) is 8.88. The summed E-state index contributed by atoms with van der Waals surface area (Å²) in [6, 6.07) is 2.71. The van der Waals surface area contributed by atoms with Gasteiger partial charge in [0.25, 0.3) is 0 Å². The van der Waals surface area contributed by atoms with Gasteiger partial charge in [-0.25, -0.2) is 0 Å². The van der Waals surface area contributed by atoms with Crippen molar-refractivity contribution in [2.24, 2.45) is 11.8 Å². The number of hydrogen-bond acceptors (Lipinski definition) is 3. The molecule has 102 valence electrons. The minimum absolute atomic E-state index is 0.492. The Labute approximate surface area is 115 Å². The van der Waals surface area contributed by atoms with Gasteiger partial charge in [-0.3, -0.25) is 11.3 Å². The molecule has 2 rings (SSSR count). The van der Waals surface area contributed by atoms with Crippen molar-refractivity contribution in [1.29, 1.82) is 0 Å². The van der Waals surface area contributed by atoms with Crippen molar-refractivity contribution in [1.82, 2.24) is 5.43 Å². The smallest absolute Gasteiger partial charge is 0.0213 e. The molecule has 0 amide bonds. The number of nitrogens with two attached hydrogens (primary N) is 1. The minimum Gasteiger partial charge on any atom is -0.271 e. The van der Waals surface area contributed by atoms with Crippen LogP contribution in [0, 0.1) is 5.92 Å². The van der Waals surface area contributed by atoms with Crippen LogP contribution in [0.4, 0.5) is 0 Å². The second-order valence-corrected chi connectivity index (χ2v) is 6.40. The standard InChI is InChI=1S/C15H26N2S/c16-17-15(9-7-14-10-11-18-12-14)8-6-13-4-2-1-3-5-13/h10-13,15,17H,1-9,16H2. The van der Waals surface area contributed by atoms with Crippen LogP contribution in [0.15, 0.2) is 16.8 Å². The topological polar surface area (TPSA) is 38.0 Å². The molecular weight excluding hydrogens is 240 g/mol. The zero-order valence-corrected chi connectivity index (χ0v) is 12.1. The van der Waals surface area contributed by atoms with Gasteiger partial charge >= 0.3 is 0 Å². The molecule has 1 aliphatic carbocycles. The largest absolute Gasteiger partial charge is 0.271 e. The third-order valence-electron chi connectivity index (χ3n) is 4.25. The van der Waals surface area contributed by atoms with Gasteiger partial charge in [-0.15, -0.1) is 0 Å². The molecule has 2 nitrogen and oxygen atoms in total. The predicted molar refractivity (Wildman–Crippen MR) is 79.6 cm³/mol. The molecule has 1 unspecified atom stereocenters. The van der Waals surface area contributed by atoms with Crippen molar-refractivity contribution in [3.8, 4) is 0 Å². The number of hydrogen-bond donors (Lipinski definition) is 2. The molecule has 3 N–H and O–H groups in total. The summed E-state index contributed by atoms with van der Waals surface area (Å²) in [5.74, 6) is 6.65. The highest BCUT2D eigenvalue weighted by atomic mass is 32.1. The average Bonchev–Trinajstić information content (AvgIpc) is 2.93. The fourth-order valence-electron chi connectivity index (χ4n) is 3.00. The molecule has 1 aromatic rings. The van der Waals surface area contributed by atoms with E-state index in [4.69, 9.17) is 5.84 Å². The lowest BCUT2D eigenvalue weighted by Gasteiger charge is -2.24. The molecule has 0 spiro atoms. The molecule has 3 heteroatoms. The van der Waals surface area contributed by atoms with Crippen LogP contribution < -0.4 is 11.3 Å². The van der Waals surface area contributed by atoms with Crippen molar-refractivity contribution in [2.75, 3.05) is 0 Å². The molecular formula is C15H26N2S. The summed E-state index contributed by atoms with van der Waals surface area (Å²) < 4.78 is 0. The number of aryl methyl sites for hydroxylation is 1. The Morgan fingerprint density at radius 3 is 2.78 bits per heavy atom. The number of thiophene rings is 1. The van der Waals surface area contributed by atoms with Gasteiger partial charge in [-0.1, -0.05) is 32.1 Å². The molecule has 1 fully saturated rings. The summed E-state index contributed by atoms with van der Waals surface area (Å²) in [4.78, 5) is 0. The quantitative estimate of drug-likeness (QED) is 0.581. The van der Waals surface area contributed by atoms with Gasteiger partial charge in [0, 0.05) is 6.04 Å². The van der Waals surface area contributed by atoms with Gasteiger partial charge in [-0.2, -0.15) is 11.3 Å². The highest BCUT2D eigenvalue weighted by molar-refractivity contribution is 7.07. The second kappa shape index (κ2) is 7.93. The molecule has 1 atom stereocenters. The van der Waals surface area contributed by atoms with Crippen LogP contribution >= 0.6 is 11.3 Å². The minimum atomic E-state index is 0.492. The molecule has 0 aromatic carbocycles. The SMILES string of the molecule is NNC(CCc1ccsc1)CCC1CCCCC1. The summed E-state index contributed by atoms with van der Waals surface area (Å²) in [7, 11) is 0. The molecule has 0 bridgehead atoms. The lowest BCUT2D eigenvalue weighted by molar-refractivity contribution is 0.309. The van der Waals surface area contributed by atoms with Crippen LogP contribution in [0.5, 0.6) is 0 Å². The van der Waals surface area contributed by atoms with E-state index in [2.05, 4.69) is 22.3 Å². The molecule has 0 saturated heterocycles. The van der Waals surface area contributed by atoms with Crippen LogP contribution in [0.2, 0.25) is 0 Å². The Morgan fingerprint density at radius 2 is 2.11 bits per heavy atom. The fourth-order valence-corrected chi connectivity index (χ4v) is 3.70. The Kier molecular flexibility index (Phi) is 6.18. The first kappa shape index (κ1) is 14.0. The molecule has 18 heavy (non-hydrogen) atoms. The molecule has 1 saturated carbocycles. The van der Waals surface area contributed by atoms with Crippen molar-refractivity contribution in [3.05, 3.63) is 22.4 Å². The van der Waals surface area contributed by atoms with Gasteiger partial charge < -0.3 is 0 Å². The summed E-state index contributed by atoms with van der Waals surface area (Å²) in [6.45, 7) is 0. The van der Waals surface area contributed by atoms with Gasteiger partial charge in [0.05, 0.1) is 0 Å². The number of hydrazine groups is 1. The Balaban J connectivity index is 1.65. The van der Waals surface area contributed by atoms with Crippen LogP contribution in [0.3, 0.4) is 0 Å². The van der Waals surface area contributed by atoms with Crippen LogP contribution in [-0.4, -0.2) is 6.04 Å². The van der Waals surface area contributed by atoms with Gasteiger partial charge in [0.1, 0.15) is 0 Å². The normalized spacial score (nSPS) is 18.9.